The molecule has 2 fully saturated rings. The minimum Gasteiger partial charge on any atom is -0.444 e. The standard InChI is InChI=1S/C23H37N3O2/c1-23(2,3)28-22(27)26-15-12-20(25(4)19-10-13-24-14-11-19)17-21(26)16-18-8-6-5-7-9-18/h5-9,19-21,24H,10-17H2,1-4H3. The first-order valence-electron chi connectivity index (χ1n) is 10.8. The van der Waals surface area contributed by atoms with E-state index in [1.54, 1.807) is 0 Å². The second-order valence-electron chi connectivity index (χ2n) is 9.34. The highest BCUT2D eigenvalue weighted by atomic mass is 16.6. The molecule has 2 aliphatic heterocycles. The van der Waals surface area contributed by atoms with Gasteiger partial charge >= 0.3 is 6.09 Å². The maximum absolute atomic E-state index is 12.9. The molecular formula is C23H37N3O2. The zero-order valence-corrected chi connectivity index (χ0v) is 18.0. The number of ether oxygens (including phenoxy) is 1. The molecule has 1 amide bonds. The van der Waals surface area contributed by atoms with Crippen LogP contribution < -0.4 is 5.32 Å². The fourth-order valence-corrected chi connectivity index (χ4v) is 4.55. The largest absolute Gasteiger partial charge is 0.444 e. The Bertz CT molecular complexity index is 622. The number of carbonyl (C=O) groups is 1. The van der Waals surface area contributed by atoms with Crippen molar-refractivity contribution in [2.75, 3.05) is 26.7 Å². The summed E-state index contributed by atoms with van der Waals surface area (Å²) in [6.45, 7) is 8.81. The predicted molar refractivity (Wildman–Crippen MR) is 114 cm³/mol. The van der Waals surface area contributed by atoms with Gasteiger partial charge in [0.25, 0.3) is 0 Å². The zero-order valence-electron chi connectivity index (χ0n) is 18.0. The van der Waals surface area contributed by atoms with Crippen LogP contribution in [0.3, 0.4) is 0 Å². The Morgan fingerprint density at radius 1 is 1.14 bits per heavy atom. The van der Waals surface area contributed by atoms with Crippen LogP contribution in [0.1, 0.15) is 52.0 Å². The van der Waals surface area contributed by atoms with Crippen molar-refractivity contribution in [3.05, 3.63) is 35.9 Å². The van der Waals surface area contributed by atoms with Crippen LogP contribution in [0.5, 0.6) is 0 Å². The average molecular weight is 388 g/mol. The fourth-order valence-electron chi connectivity index (χ4n) is 4.55. The summed E-state index contributed by atoms with van der Waals surface area (Å²) in [5.41, 5.74) is 0.822. The molecule has 5 heteroatoms. The molecule has 2 heterocycles. The summed E-state index contributed by atoms with van der Waals surface area (Å²) in [6, 6.07) is 11.9. The molecule has 2 unspecified atom stereocenters. The van der Waals surface area contributed by atoms with Gasteiger partial charge in [-0.25, -0.2) is 4.79 Å². The molecule has 5 nitrogen and oxygen atoms in total. The van der Waals surface area contributed by atoms with Crippen molar-refractivity contribution >= 4 is 6.09 Å². The Labute approximate surface area is 170 Å². The van der Waals surface area contributed by atoms with Crippen molar-refractivity contribution in [3.63, 3.8) is 0 Å². The molecule has 0 aromatic heterocycles. The van der Waals surface area contributed by atoms with Crippen LogP contribution in [0.25, 0.3) is 0 Å². The van der Waals surface area contributed by atoms with Crippen molar-refractivity contribution in [2.24, 2.45) is 0 Å². The predicted octanol–water partition coefficient (Wildman–Crippen LogP) is 3.68. The van der Waals surface area contributed by atoms with Crippen molar-refractivity contribution in [1.82, 2.24) is 15.1 Å². The zero-order chi connectivity index (χ0) is 20.1. The van der Waals surface area contributed by atoms with Crippen LogP contribution in [0.2, 0.25) is 0 Å². The van der Waals surface area contributed by atoms with Crippen molar-refractivity contribution < 1.29 is 9.53 Å². The van der Waals surface area contributed by atoms with Gasteiger partial charge in [-0.05, 0) is 78.6 Å². The van der Waals surface area contributed by atoms with Gasteiger partial charge in [-0.2, -0.15) is 0 Å². The minimum atomic E-state index is -0.461. The highest BCUT2D eigenvalue weighted by molar-refractivity contribution is 5.68. The summed E-state index contributed by atoms with van der Waals surface area (Å²) >= 11 is 0. The molecular weight excluding hydrogens is 350 g/mol. The van der Waals surface area contributed by atoms with Crippen molar-refractivity contribution in [1.29, 1.82) is 0 Å². The molecule has 2 atom stereocenters. The minimum absolute atomic E-state index is 0.170. The maximum atomic E-state index is 12.9. The number of piperidine rings is 2. The molecule has 2 saturated heterocycles. The third kappa shape index (κ3) is 5.71. The summed E-state index contributed by atoms with van der Waals surface area (Å²) in [4.78, 5) is 17.4. The first-order valence-corrected chi connectivity index (χ1v) is 10.8. The topological polar surface area (TPSA) is 44.8 Å². The quantitative estimate of drug-likeness (QED) is 0.856. The fraction of sp³-hybridized carbons (Fsp3) is 0.696. The summed E-state index contributed by atoms with van der Waals surface area (Å²) in [6.07, 6.45) is 5.17. The van der Waals surface area contributed by atoms with Crippen LogP contribution in [-0.4, -0.2) is 66.3 Å². The number of carbonyl (C=O) groups excluding carboxylic acids is 1. The van der Waals surface area contributed by atoms with Crippen LogP contribution in [-0.2, 0) is 11.2 Å². The van der Waals surface area contributed by atoms with E-state index in [9.17, 15) is 4.79 Å². The van der Waals surface area contributed by atoms with Gasteiger partial charge in [0.05, 0.1) is 0 Å². The highest BCUT2D eigenvalue weighted by Crippen LogP contribution is 2.28. The van der Waals surface area contributed by atoms with Gasteiger partial charge in [-0.1, -0.05) is 30.3 Å². The molecule has 28 heavy (non-hydrogen) atoms. The second kappa shape index (κ2) is 9.27. The Kier molecular flexibility index (Phi) is 7.00. The monoisotopic (exact) mass is 387 g/mol. The van der Waals surface area contributed by atoms with Gasteiger partial charge < -0.3 is 19.9 Å². The van der Waals surface area contributed by atoms with Crippen molar-refractivity contribution in [2.45, 2.75) is 76.6 Å². The molecule has 3 rings (SSSR count). The summed E-state index contributed by atoms with van der Waals surface area (Å²) < 4.78 is 5.72. The molecule has 0 saturated carbocycles. The van der Waals surface area contributed by atoms with Gasteiger partial charge in [-0.15, -0.1) is 0 Å². The molecule has 1 aromatic carbocycles. The van der Waals surface area contributed by atoms with Gasteiger partial charge in [0.1, 0.15) is 5.60 Å². The van der Waals surface area contributed by atoms with E-state index in [1.807, 2.05) is 31.7 Å². The van der Waals surface area contributed by atoms with Gasteiger partial charge in [0.15, 0.2) is 0 Å². The SMILES string of the molecule is CN(C1CCNCC1)C1CCN(C(=O)OC(C)(C)C)C(Cc2ccccc2)C1. The number of rotatable bonds is 4. The lowest BCUT2D eigenvalue weighted by atomic mass is 9.90. The summed E-state index contributed by atoms with van der Waals surface area (Å²) in [5, 5.41) is 3.46. The van der Waals surface area contributed by atoms with Crippen LogP contribution in [0.4, 0.5) is 4.79 Å². The Morgan fingerprint density at radius 3 is 2.46 bits per heavy atom. The second-order valence-corrected chi connectivity index (χ2v) is 9.34. The molecule has 0 aliphatic carbocycles. The number of hydrogen-bond acceptors (Lipinski definition) is 4. The maximum Gasteiger partial charge on any atom is 0.410 e. The van der Waals surface area contributed by atoms with Gasteiger partial charge in [0.2, 0.25) is 0 Å². The lowest BCUT2D eigenvalue weighted by Gasteiger charge is -2.45. The molecule has 1 N–H and O–H groups in total. The third-order valence-electron chi connectivity index (χ3n) is 6.09. The lowest BCUT2D eigenvalue weighted by Crippen LogP contribution is -2.55. The van der Waals surface area contributed by atoms with E-state index in [2.05, 4.69) is 41.5 Å². The molecule has 0 bridgehead atoms. The normalized spacial score (nSPS) is 24.4. The van der Waals surface area contributed by atoms with Crippen LogP contribution in [0.15, 0.2) is 30.3 Å². The molecule has 1 aromatic rings. The van der Waals surface area contributed by atoms with Gasteiger partial charge in [-0.3, -0.25) is 0 Å². The first-order chi connectivity index (χ1) is 13.3. The molecule has 0 radical (unpaired) electrons. The number of likely N-dealkylation sites (tertiary alicyclic amines) is 1. The number of amides is 1. The lowest BCUT2D eigenvalue weighted by molar-refractivity contribution is -0.00391. The van der Waals surface area contributed by atoms with E-state index >= 15 is 0 Å². The van der Waals surface area contributed by atoms with Crippen LogP contribution >= 0.6 is 0 Å². The van der Waals surface area contributed by atoms with E-state index in [1.165, 1.54) is 18.4 Å². The van der Waals surface area contributed by atoms with E-state index in [-0.39, 0.29) is 12.1 Å². The summed E-state index contributed by atoms with van der Waals surface area (Å²) in [7, 11) is 2.28. The number of nitrogens with one attached hydrogen (secondary N) is 1. The van der Waals surface area contributed by atoms with E-state index in [0.29, 0.717) is 12.1 Å². The number of nitrogens with zero attached hydrogens (tertiary/aromatic N) is 2. The van der Waals surface area contributed by atoms with E-state index < -0.39 is 5.60 Å². The van der Waals surface area contributed by atoms with E-state index in [0.717, 1.165) is 38.9 Å². The Morgan fingerprint density at radius 2 is 1.82 bits per heavy atom. The Balaban J connectivity index is 1.71. The molecule has 2 aliphatic rings. The van der Waals surface area contributed by atoms with Crippen LogP contribution in [0, 0.1) is 0 Å². The number of hydrogen-bond donors (Lipinski definition) is 1. The first kappa shape index (κ1) is 21.1. The third-order valence-corrected chi connectivity index (χ3v) is 6.09. The smallest absolute Gasteiger partial charge is 0.410 e. The Hall–Kier alpha value is -1.59. The van der Waals surface area contributed by atoms with Crippen molar-refractivity contribution in [3.8, 4) is 0 Å². The van der Waals surface area contributed by atoms with E-state index in [4.69, 9.17) is 4.74 Å². The molecule has 156 valence electrons. The number of benzene rings is 1. The molecule has 0 spiro atoms. The van der Waals surface area contributed by atoms with Gasteiger partial charge in [0, 0.05) is 24.7 Å². The summed E-state index contributed by atoms with van der Waals surface area (Å²) in [5.74, 6) is 0. The highest BCUT2D eigenvalue weighted by Gasteiger charge is 2.37. The average Bonchev–Trinajstić information content (AvgIpc) is 2.67.